The van der Waals surface area contributed by atoms with Crippen molar-refractivity contribution < 1.29 is 4.74 Å². The van der Waals surface area contributed by atoms with Crippen molar-refractivity contribution in [2.75, 3.05) is 7.11 Å². The average Bonchev–Trinajstić information content (AvgIpc) is 2.07. The SMILES string of the molecule is COc1ccc(CC#N)nc1. The number of nitriles is 1. The van der Waals surface area contributed by atoms with Crippen LogP contribution in [0.4, 0.5) is 0 Å². The van der Waals surface area contributed by atoms with Gasteiger partial charge in [-0.25, -0.2) is 0 Å². The summed E-state index contributed by atoms with van der Waals surface area (Å²) < 4.78 is 4.90. The average molecular weight is 148 g/mol. The lowest BCUT2D eigenvalue weighted by molar-refractivity contribution is 0.412. The van der Waals surface area contributed by atoms with Gasteiger partial charge in [-0.3, -0.25) is 4.98 Å². The van der Waals surface area contributed by atoms with E-state index in [1.54, 1.807) is 25.4 Å². The number of pyridine rings is 1. The zero-order chi connectivity index (χ0) is 8.10. The van der Waals surface area contributed by atoms with E-state index in [0.29, 0.717) is 12.2 Å². The maximum Gasteiger partial charge on any atom is 0.137 e. The maximum absolute atomic E-state index is 8.32. The molecule has 0 aromatic carbocycles. The lowest BCUT2D eigenvalue weighted by Crippen LogP contribution is -1.88. The fourth-order valence-corrected chi connectivity index (χ4v) is 0.717. The van der Waals surface area contributed by atoms with Crippen LogP contribution in [0.1, 0.15) is 5.69 Å². The van der Waals surface area contributed by atoms with Crippen LogP contribution < -0.4 is 4.74 Å². The lowest BCUT2D eigenvalue weighted by atomic mass is 10.3. The van der Waals surface area contributed by atoms with Gasteiger partial charge in [0, 0.05) is 0 Å². The van der Waals surface area contributed by atoms with Gasteiger partial charge in [-0.1, -0.05) is 0 Å². The Kier molecular flexibility index (Phi) is 2.45. The van der Waals surface area contributed by atoms with Crippen LogP contribution in [-0.4, -0.2) is 12.1 Å². The number of ether oxygens (including phenoxy) is 1. The van der Waals surface area contributed by atoms with Crippen molar-refractivity contribution in [1.82, 2.24) is 4.98 Å². The normalized spacial score (nSPS) is 8.73. The summed E-state index contributed by atoms with van der Waals surface area (Å²) in [7, 11) is 1.58. The Morgan fingerprint density at radius 2 is 2.45 bits per heavy atom. The van der Waals surface area contributed by atoms with Crippen LogP contribution in [0.25, 0.3) is 0 Å². The Bertz CT molecular complexity index is 260. The molecule has 0 spiro atoms. The van der Waals surface area contributed by atoms with Gasteiger partial charge in [0.1, 0.15) is 5.75 Å². The van der Waals surface area contributed by atoms with Crippen molar-refractivity contribution in [2.45, 2.75) is 6.42 Å². The van der Waals surface area contributed by atoms with Crippen molar-refractivity contribution in [3.8, 4) is 11.8 Å². The highest BCUT2D eigenvalue weighted by Crippen LogP contribution is 2.07. The first-order valence-corrected chi connectivity index (χ1v) is 3.22. The highest BCUT2D eigenvalue weighted by atomic mass is 16.5. The molecule has 1 aromatic rings. The molecule has 0 aliphatic carbocycles. The monoisotopic (exact) mass is 148 g/mol. The number of aromatic nitrogens is 1. The largest absolute Gasteiger partial charge is 0.495 e. The maximum atomic E-state index is 8.32. The third-order valence-electron chi connectivity index (χ3n) is 1.29. The van der Waals surface area contributed by atoms with Gasteiger partial charge in [0.05, 0.1) is 31.5 Å². The summed E-state index contributed by atoms with van der Waals surface area (Å²) >= 11 is 0. The topological polar surface area (TPSA) is 45.9 Å². The van der Waals surface area contributed by atoms with Crippen LogP contribution in [0.2, 0.25) is 0 Å². The Morgan fingerprint density at radius 3 is 2.91 bits per heavy atom. The molecule has 0 amide bonds. The van der Waals surface area contributed by atoms with E-state index in [1.165, 1.54) is 0 Å². The third-order valence-corrected chi connectivity index (χ3v) is 1.29. The molecular weight excluding hydrogens is 140 g/mol. The van der Waals surface area contributed by atoms with E-state index < -0.39 is 0 Å². The summed E-state index contributed by atoms with van der Waals surface area (Å²) in [6.45, 7) is 0. The molecule has 0 bridgehead atoms. The van der Waals surface area contributed by atoms with Crippen molar-refractivity contribution in [3.05, 3.63) is 24.0 Å². The molecule has 0 saturated heterocycles. The Hall–Kier alpha value is -1.56. The van der Waals surface area contributed by atoms with Crippen molar-refractivity contribution in [3.63, 3.8) is 0 Å². The molecule has 56 valence electrons. The summed E-state index contributed by atoms with van der Waals surface area (Å²) in [4.78, 5) is 3.99. The molecule has 1 rings (SSSR count). The fraction of sp³-hybridized carbons (Fsp3) is 0.250. The summed E-state index contributed by atoms with van der Waals surface area (Å²) in [6, 6.07) is 5.59. The van der Waals surface area contributed by atoms with E-state index in [0.717, 1.165) is 5.69 Å². The zero-order valence-electron chi connectivity index (χ0n) is 6.24. The van der Waals surface area contributed by atoms with Gasteiger partial charge in [0.25, 0.3) is 0 Å². The molecule has 1 aromatic heterocycles. The Morgan fingerprint density at radius 1 is 1.64 bits per heavy atom. The first-order valence-electron chi connectivity index (χ1n) is 3.22. The van der Waals surface area contributed by atoms with Crippen molar-refractivity contribution >= 4 is 0 Å². The van der Waals surface area contributed by atoms with Gasteiger partial charge >= 0.3 is 0 Å². The number of hydrogen-bond donors (Lipinski definition) is 0. The summed E-state index contributed by atoms with van der Waals surface area (Å²) in [5.74, 6) is 0.715. The molecule has 0 atom stereocenters. The van der Waals surface area contributed by atoms with E-state index in [4.69, 9.17) is 10.00 Å². The van der Waals surface area contributed by atoms with Crippen LogP contribution in [0, 0.1) is 11.3 Å². The van der Waals surface area contributed by atoms with E-state index in [-0.39, 0.29) is 0 Å². The minimum absolute atomic E-state index is 0.351. The molecule has 0 aliphatic rings. The molecule has 1 heterocycles. The van der Waals surface area contributed by atoms with Gasteiger partial charge in [-0.2, -0.15) is 5.26 Å². The van der Waals surface area contributed by atoms with Crippen LogP contribution >= 0.6 is 0 Å². The number of rotatable bonds is 2. The second kappa shape index (κ2) is 3.57. The highest BCUT2D eigenvalue weighted by Gasteiger charge is 1.93. The van der Waals surface area contributed by atoms with E-state index >= 15 is 0 Å². The van der Waals surface area contributed by atoms with Gasteiger partial charge in [0.2, 0.25) is 0 Å². The molecule has 0 unspecified atom stereocenters. The van der Waals surface area contributed by atoms with Crippen molar-refractivity contribution in [1.29, 1.82) is 5.26 Å². The molecular formula is C8H8N2O. The molecule has 0 saturated carbocycles. The second-order valence-corrected chi connectivity index (χ2v) is 2.02. The van der Waals surface area contributed by atoms with Gasteiger partial charge < -0.3 is 4.74 Å². The molecule has 0 aliphatic heterocycles. The van der Waals surface area contributed by atoms with Gasteiger partial charge in [-0.05, 0) is 12.1 Å². The Balaban J connectivity index is 2.76. The fourth-order valence-electron chi connectivity index (χ4n) is 0.717. The zero-order valence-corrected chi connectivity index (χ0v) is 6.24. The molecule has 11 heavy (non-hydrogen) atoms. The predicted molar refractivity (Wildman–Crippen MR) is 40.1 cm³/mol. The minimum atomic E-state index is 0.351. The Labute approximate surface area is 65.3 Å². The molecule has 0 radical (unpaired) electrons. The number of nitrogens with zero attached hydrogens (tertiary/aromatic N) is 2. The van der Waals surface area contributed by atoms with E-state index in [1.807, 2.05) is 6.07 Å². The van der Waals surface area contributed by atoms with Gasteiger partial charge in [-0.15, -0.1) is 0 Å². The first-order chi connectivity index (χ1) is 5.36. The lowest BCUT2D eigenvalue weighted by Gasteiger charge is -1.97. The number of hydrogen-bond acceptors (Lipinski definition) is 3. The number of methoxy groups -OCH3 is 1. The molecule has 3 heteroatoms. The van der Waals surface area contributed by atoms with Crippen molar-refractivity contribution in [2.24, 2.45) is 0 Å². The predicted octanol–water partition coefficient (Wildman–Crippen LogP) is 1.16. The molecule has 0 fully saturated rings. The second-order valence-electron chi connectivity index (χ2n) is 2.02. The summed E-state index contributed by atoms with van der Waals surface area (Å²) in [5, 5.41) is 8.32. The minimum Gasteiger partial charge on any atom is -0.495 e. The summed E-state index contributed by atoms with van der Waals surface area (Å²) in [5.41, 5.74) is 0.772. The highest BCUT2D eigenvalue weighted by molar-refractivity contribution is 5.20. The smallest absolute Gasteiger partial charge is 0.137 e. The van der Waals surface area contributed by atoms with E-state index in [2.05, 4.69) is 4.98 Å². The van der Waals surface area contributed by atoms with Gasteiger partial charge in [0.15, 0.2) is 0 Å². The van der Waals surface area contributed by atoms with Crippen LogP contribution in [0.5, 0.6) is 5.75 Å². The van der Waals surface area contributed by atoms with Crippen LogP contribution in [0.15, 0.2) is 18.3 Å². The van der Waals surface area contributed by atoms with E-state index in [9.17, 15) is 0 Å². The van der Waals surface area contributed by atoms with Crippen LogP contribution in [-0.2, 0) is 6.42 Å². The molecule has 0 N–H and O–H groups in total. The standard InChI is InChI=1S/C8H8N2O/c1-11-8-3-2-7(4-5-9)10-6-8/h2-3,6H,4H2,1H3. The third kappa shape index (κ3) is 1.94. The summed E-state index contributed by atoms with van der Waals surface area (Å²) in [6.07, 6.45) is 1.96. The molecule has 3 nitrogen and oxygen atoms in total. The van der Waals surface area contributed by atoms with Crippen LogP contribution in [0.3, 0.4) is 0 Å². The quantitative estimate of drug-likeness (QED) is 0.632. The first kappa shape index (κ1) is 7.55.